The molecule has 3 aromatic rings. The Morgan fingerprint density at radius 1 is 0.973 bits per heavy atom. The van der Waals surface area contributed by atoms with Gasteiger partial charge in [-0.15, -0.1) is 0 Å². The van der Waals surface area contributed by atoms with Crippen LogP contribution in [0.25, 0.3) is 5.76 Å². The highest BCUT2D eigenvalue weighted by molar-refractivity contribution is 7.17. The van der Waals surface area contributed by atoms with E-state index in [9.17, 15) is 19.5 Å². The summed E-state index contributed by atoms with van der Waals surface area (Å²) in [5.41, 5.74) is 0.971. The Balaban J connectivity index is 1.95. The molecule has 0 radical (unpaired) electrons. The number of carbonyl (C=O) groups excluding carboxylic acids is 3. The third kappa shape index (κ3) is 4.49. The van der Waals surface area contributed by atoms with E-state index in [1.807, 2.05) is 0 Å². The summed E-state index contributed by atoms with van der Waals surface area (Å²) in [6.07, 6.45) is 0. The quantitative estimate of drug-likeness (QED) is 0.212. The summed E-state index contributed by atoms with van der Waals surface area (Å²) in [5.74, 6) is -1.43. The normalized spacial score (nSPS) is 16.6. The average Bonchev–Trinajstić information content (AvgIpc) is 3.43. The molecule has 1 unspecified atom stereocenters. The van der Waals surface area contributed by atoms with Crippen LogP contribution in [0.2, 0.25) is 0 Å². The number of aryl methyl sites for hydroxylation is 1. The molecule has 1 amide bonds. The first-order valence-corrected chi connectivity index (χ1v) is 11.8. The molecule has 0 aliphatic carbocycles. The Morgan fingerprint density at radius 3 is 2.24 bits per heavy atom. The number of anilines is 1. The van der Waals surface area contributed by atoms with Gasteiger partial charge in [-0.2, -0.15) is 0 Å². The van der Waals surface area contributed by atoms with Crippen LogP contribution >= 0.6 is 11.3 Å². The molecule has 1 atom stereocenters. The maximum atomic E-state index is 13.4. The van der Waals surface area contributed by atoms with Crippen LogP contribution in [-0.2, 0) is 14.3 Å². The van der Waals surface area contributed by atoms with Crippen LogP contribution in [0, 0.1) is 6.92 Å². The van der Waals surface area contributed by atoms with Crippen molar-refractivity contribution in [3.05, 3.63) is 69.7 Å². The lowest BCUT2D eigenvalue weighted by atomic mass is 9.95. The molecule has 1 aromatic heterocycles. The molecule has 1 aliphatic heterocycles. The second-order valence-electron chi connectivity index (χ2n) is 7.91. The number of benzene rings is 2. The molecular formula is C26H24N2O8S. The number of amides is 1. The van der Waals surface area contributed by atoms with Crippen LogP contribution in [0.1, 0.15) is 32.5 Å². The van der Waals surface area contributed by atoms with Crippen molar-refractivity contribution in [1.82, 2.24) is 4.98 Å². The van der Waals surface area contributed by atoms with Crippen molar-refractivity contribution in [3.8, 4) is 17.2 Å². The zero-order valence-electron chi connectivity index (χ0n) is 20.7. The fourth-order valence-electron chi connectivity index (χ4n) is 4.04. The molecule has 1 fully saturated rings. The number of ether oxygens (including phenoxy) is 4. The number of thiazole rings is 1. The van der Waals surface area contributed by atoms with Gasteiger partial charge in [0.2, 0.25) is 0 Å². The fraction of sp³-hybridized carbons (Fsp3) is 0.231. The summed E-state index contributed by atoms with van der Waals surface area (Å²) < 4.78 is 20.7. The second kappa shape index (κ2) is 10.3. The molecule has 10 nitrogen and oxygen atoms in total. The monoisotopic (exact) mass is 524 g/mol. The van der Waals surface area contributed by atoms with E-state index < -0.39 is 23.7 Å². The van der Waals surface area contributed by atoms with Gasteiger partial charge in [0.15, 0.2) is 16.6 Å². The molecule has 4 rings (SSSR count). The lowest BCUT2D eigenvalue weighted by Crippen LogP contribution is -2.29. The first-order valence-electron chi connectivity index (χ1n) is 11.0. The Bertz CT molecular complexity index is 1410. The predicted molar refractivity (Wildman–Crippen MR) is 136 cm³/mol. The summed E-state index contributed by atoms with van der Waals surface area (Å²) >= 11 is 0.916. The van der Waals surface area contributed by atoms with Crippen molar-refractivity contribution in [1.29, 1.82) is 0 Å². The van der Waals surface area contributed by atoms with Gasteiger partial charge in [0, 0.05) is 5.56 Å². The summed E-state index contributed by atoms with van der Waals surface area (Å²) in [4.78, 5) is 44.7. The van der Waals surface area contributed by atoms with Crippen LogP contribution in [0.5, 0.6) is 17.2 Å². The van der Waals surface area contributed by atoms with Gasteiger partial charge >= 0.3 is 11.9 Å². The van der Waals surface area contributed by atoms with E-state index >= 15 is 0 Å². The van der Waals surface area contributed by atoms with Gasteiger partial charge in [0.25, 0.3) is 5.78 Å². The van der Waals surface area contributed by atoms with E-state index in [4.69, 9.17) is 18.9 Å². The van der Waals surface area contributed by atoms with Gasteiger partial charge < -0.3 is 24.1 Å². The number of aromatic nitrogens is 1. The number of esters is 1. The minimum Gasteiger partial charge on any atom is -0.507 e. The third-order valence-corrected chi connectivity index (χ3v) is 7.03. The van der Waals surface area contributed by atoms with Crippen LogP contribution in [0.15, 0.2) is 48.0 Å². The van der Waals surface area contributed by atoms with Crippen LogP contribution in [0.4, 0.5) is 5.13 Å². The first-order chi connectivity index (χ1) is 17.7. The summed E-state index contributed by atoms with van der Waals surface area (Å²) in [6.45, 7) is 1.60. The third-order valence-electron chi connectivity index (χ3n) is 5.89. The number of nitrogens with zero attached hydrogens (tertiary/aromatic N) is 2. The number of methoxy groups -OCH3 is 4. The highest BCUT2D eigenvalue weighted by Gasteiger charge is 2.48. The van der Waals surface area contributed by atoms with E-state index in [-0.39, 0.29) is 21.3 Å². The van der Waals surface area contributed by atoms with Crippen LogP contribution < -0.4 is 19.1 Å². The molecule has 1 aliphatic rings. The molecule has 1 N–H and O–H groups in total. The summed E-state index contributed by atoms with van der Waals surface area (Å²) in [7, 11) is 5.70. The minimum atomic E-state index is -1.07. The fourth-order valence-corrected chi connectivity index (χ4v) is 5.05. The van der Waals surface area contributed by atoms with Crippen molar-refractivity contribution in [2.45, 2.75) is 13.0 Å². The largest absolute Gasteiger partial charge is 0.507 e. The maximum Gasteiger partial charge on any atom is 0.350 e. The Hall–Kier alpha value is -4.38. The molecule has 192 valence electrons. The zero-order valence-corrected chi connectivity index (χ0v) is 21.5. The molecule has 2 heterocycles. The lowest BCUT2D eigenvalue weighted by Gasteiger charge is -2.23. The number of hydrogen-bond donors (Lipinski definition) is 1. The highest BCUT2D eigenvalue weighted by atomic mass is 32.1. The van der Waals surface area contributed by atoms with E-state index in [0.29, 0.717) is 34.1 Å². The SMILES string of the molecule is COC(=O)c1sc(N2C(=O)C(=O)C(=C(O)c3ccc(OC)cc3)C2c2ccc(OC)c(OC)c2)nc1C. The van der Waals surface area contributed by atoms with Crippen LogP contribution in [0.3, 0.4) is 0 Å². The van der Waals surface area contributed by atoms with E-state index in [1.54, 1.807) is 49.4 Å². The number of Topliss-reactive ketones (excluding diaryl/α,β-unsaturated/α-hetero) is 1. The van der Waals surface area contributed by atoms with Gasteiger partial charge in [-0.25, -0.2) is 9.78 Å². The zero-order chi connectivity index (χ0) is 26.9. The first kappa shape index (κ1) is 25.7. The standard InChI is InChI=1S/C26H24N2O8S/c1-13-23(25(32)36-5)37-26(27-13)28-20(15-8-11-17(34-3)18(12-15)35-4)19(22(30)24(28)31)21(29)14-6-9-16(33-2)10-7-14/h6-12,20,29H,1-5H3. The Morgan fingerprint density at radius 2 is 1.65 bits per heavy atom. The highest BCUT2D eigenvalue weighted by Crippen LogP contribution is 2.45. The topological polar surface area (TPSA) is 124 Å². The van der Waals surface area contributed by atoms with Gasteiger partial charge in [0.05, 0.1) is 45.7 Å². The van der Waals surface area contributed by atoms with E-state index in [0.717, 1.165) is 11.3 Å². The van der Waals surface area contributed by atoms with Crippen LogP contribution in [-0.4, -0.2) is 56.2 Å². The van der Waals surface area contributed by atoms with Gasteiger partial charge in [-0.1, -0.05) is 17.4 Å². The van der Waals surface area contributed by atoms with Crippen molar-refractivity contribution in [3.63, 3.8) is 0 Å². The maximum absolute atomic E-state index is 13.4. The van der Waals surface area contributed by atoms with Crippen molar-refractivity contribution < 1.29 is 38.4 Å². The molecule has 0 saturated carbocycles. The number of rotatable bonds is 7. The van der Waals surface area contributed by atoms with Crippen molar-refractivity contribution >= 4 is 39.9 Å². The lowest BCUT2D eigenvalue weighted by molar-refractivity contribution is -0.132. The number of hydrogen-bond acceptors (Lipinski definition) is 10. The summed E-state index contributed by atoms with van der Waals surface area (Å²) in [6, 6.07) is 10.3. The Kier molecular flexibility index (Phi) is 7.16. The van der Waals surface area contributed by atoms with Gasteiger partial charge in [0.1, 0.15) is 16.4 Å². The predicted octanol–water partition coefficient (Wildman–Crippen LogP) is 3.89. The molecule has 1 saturated heterocycles. The smallest absolute Gasteiger partial charge is 0.350 e. The molecule has 37 heavy (non-hydrogen) atoms. The Labute approximate surface area is 216 Å². The molecular weight excluding hydrogens is 500 g/mol. The molecule has 0 bridgehead atoms. The van der Waals surface area contributed by atoms with Crippen molar-refractivity contribution in [2.75, 3.05) is 33.3 Å². The number of carbonyl (C=O) groups is 3. The molecule has 11 heteroatoms. The molecule has 2 aromatic carbocycles. The molecule has 0 spiro atoms. The summed E-state index contributed by atoms with van der Waals surface area (Å²) in [5, 5.41) is 11.4. The number of ketones is 1. The van der Waals surface area contributed by atoms with Gasteiger partial charge in [-0.3, -0.25) is 14.5 Å². The van der Waals surface area contributed by atoms with Crippen molar-refractivity contribution in [2.24, 2.45) is 0 Å². The second-order valence-corrected chi connectivity index (χ2v) is 8.89. The van der Waals surface area contributed by atoms with Gasteiger partial charge in [-0.05, 0) is 48.9 Å². The average molecular weight is 525 g/mol. The number of aliphatic hydroxyl groups excluding tert-OH is 1. The van der Waals surface area contributed by atoms with E-state index in [2.05, 4.69) is 4.98 Å². The number of aliphatic hydroxyl groups is 1. The van der Waals surface area contributed by atoms with E-state index in [1.165, 1.54) is 33.3 Å². The minimum absolute atomic E-state index is 0.105.